The van der Waals surface area contributed by atoms with E-state index < -0.39 is 5.97 Å². The highest BCUT2D eigenvalue weighted by atomic mass is 79.9. The number of hydrogen-bond acceptors (Lipinski definition) is 3. The summed E-state index contributed by atoms with van der Waals surface area (Å²) in [6.45, 7) is 1.83. The van der Waals surface area contributed by atoms with Crippen molar-refractivity contribution in [1.82, 2.24) is 0 Å². The van der Waals surface area contributed by atoms with Crippen LogP contribution in [-0.4, -0.2) is 12.6 Å². The summed E-state index contributed by atoms with van der Waals surface area (Å²) in [5.74, 6) is 0.658. The molecule has 0 spiro atoms. The van der Waals surface area contributed by atoms with E-state index in [0.717, 1.165) is 14.5 Å². The Kier molecular flexibility index (Phi) is 5.20. The van der Waals surface area contributed by atoms with Crippen LogP contribution in [0.25, 0.3) is 0 Å². The maximum absolute atomic E-state index is 11.7. The second-order valence-electron chi connectivity index (χ2n) is 4.15. The van der Waals surface area contributed by atoms with Crippen LogP contribution in [0.5, 0.6) is 11.5 Å². The zero-order valence-electron chi connectivity index (χ0n) is 10.7. The van der Waals surface area contributed by atoms with Crippen molar-refractivity contribution in [3.63, 3.8) is 0 Å². The van der Waals surface area contributed by atoms with Crippen molar-refractivity contribution >= 4 is 37.8 Å². The van der Waals surface area contributed by atoms with E-state index >= 15 is 0 Å². The first-order valence-electron chi connectivity index (χ1n) is 5.90. The zero-order chi connectivity index (χ0) is 14.5. The number of carbonyl (C=O) groups excluding carboxylic acids is 1. The molecule has 0 saturated heterocycles. The van der Waals surface area contributed by atoms with E-state index in [1.165, 1.54) is 0 Å². The standard InChI is InChI=1S/C15H12Br2O3/c1-10-2-7-14(13(17)8-10)20-15(18)9-19-12-5-3-11(16)4-6-12/h2-8H,9H2,1H3. The number of hydrogen-bond donors (Lipinski definition) is 0. The molecule has 5 heteroatoms. The molecule has 0 aliphatic heterocycles. The predicted octanol–water partition coefficient (Wildman–Crippen LogP) is 4.50. The number of halogens is 2. The lowest BCUT2D eigenvalue weighted by Gasteiger charge is -2.08. The Morgan fingerprint density at radius 2 is 1.80 bits per heavy atom. The number of benzene rings is 2. The van der Waals surface area contributed by atoms with Gasteiger partial charge >= 0.3 is 5.97 Å². The number of esters is 1. The Morgan fingerprint density at radius 3 is 2.45 bits per heavy atom. The summed E-state index contributed by atoms with van der Waals surface area (Å²) in [6.07, 6.45) is 0. The fourth-order valence-corrected chi connectivity index (χ4v) is 2.35. The van der Waals surface area contributed by atoms with Gasteiger partial charge < -0.3 is 9.47 Å². The van der Waals surface area contributed by atoms with E-state index in [1.807, 2.05) is 31.2 Å². The van der Waals surface area contributed by atoms with Gasteiger partial charge in [0, 0.05) is 4.47 Å². The first-order valence-corrected chi connectivity index (χ1v) is 7.48. The van der Waals surface area contributed by atoms with Crippen LogP contribution in [0.4, 0.5) is 0 Å². The van der Waals surface area contributed by atoms with Crippen molar-refractivity contribution in [1.29, 1.82) is 0 Å². The molecule has 0 N–H and O–H groups in total. The van der Waals surface area contributed by atoms with Crippen LogP contribution in [-0.2, 0) is 4.79 Å². The Hall–Kier alpha value is -1.33. The molecule has 0 saturated carbocycles. The van der Waals surface area contributed by atoms with Gasteiger partial charge in [-0.05, 0) is 64.8 Å². The molecular weight excluding hydrogens is 388 g/mol. The number of ether oxygens (including phenoxy) is 2. The molecule has 0 aromatic heterocycles. The zero-order valence-corrected chi connectivity index (χ0v) is 13.9. The van der Waals surface area contributed by atoms with E-state index in [-0.39, 0.29) is 6.61 Å². The highest BCUT2D eigenvalue weighted by molar-refractivity contribution is 9.10. The van der Waals surface area contributed by atoms with Crippen LogP contribution in [0.3, 0.4) is 0 Å². The predicted molar refractivity (Wildman–Crippen MR) is 84.2 cm³/mol. The summed E-state index contributed by atoms with van der Waals surface area (Å²) in [6, 6.07) is 12.8. The number of rotatable bonds is 4. The van der Waals surface area contributed by atoms with Crippen molar-refractivity contribution in [2.45, 2.75) is 6.92 Å². The van der Waals surface area contributed by atoms with E-state index in [2.05, 4.69) is 31.9 Å². The van der Waals surface area contributed by atoms with Gasteiger partial charge in [0.05, 0.1) is 4.47 Å². The van der Waals surface area contributed by atoms with Crippen molar-refractivity contribution < 1.29 is 14.3 Å². The van der Waals surface area contributed by atoms with Crippen molar-refractivity contribution in [2.75, 3.05) is 6.61 Å². The first kappa shape index (κ1) is 15.1. The van der Waals surface area contributed by atoms with Crippen molar-refractivity contribution in [3.05, 3.63) is 57.0 Å². The average molecular weight is 400 g/mol. The van der Waals surface area contributed by atoms with Gasteiger partial charge in [0.1, 0.15) is 11.5 Å². The molecule has 0 heterocycles. The molecule has 0 aliphatic rings. The Morgan fingerprint density at radius 1 is 1.10 bits per heavy atom. The van der Waals surface area contributed by atoms with Crippen LogP contribution >= 0.6 is 31.9 Å². The summed E-state index contributed by atoms with van der Waals surface area (Å²) < 4.78 is 12.3. The normalized spacial score (nSPS) is 10.2. The molecule has 0 fully saturated rings. The van der Waals surface area contributed by atoms with Crippen molar-refractivity contribution in [3.8, 4) is 11.5 Å². The monoisotopic (exact) mass is 398 g/mol. The second-order valence-corrected chi connectivity index (χ2v) is 5.92. The summed E-state index contributed by atoms with van der Waals surface area (Å²) in [5.41, 5.74) is 1.09. The molecule has 2 aromatic rings. The van der Waals surface area contributed by atoms with Crippen LogP contribution in [0.1, 0.15) is 5.56 Å². The molecule has 0 radical (unpaired) electrons. The van der Waals surface area contributed by atoms with Crippen LogP contribution < -0.4 is 9.47 Å². The maximum atomic E-state index is 11.7. The third kappa shape index (κ3) is 4.35. The largest absolute Gasteiger partial charge is 0.482 e. The molecule has 0 atom stereocenters. The van der Waals surface area contributed by atoms with Gasteiger partial charge in [0.15, 0.2) is 6.61 Å². The molecule has 3 nitrogen and oxygen atoms in total. The highest BCUT2D eigenvalue weighted by Crippen LogP contribution is 2.25. The van der Waals surface area contributed by atoms with E-state index in [0.29, 0.717) is 11.5 Å². The van der Waals surface area contributed by atoms with E-state index in [4.69, 9.17) is 9.47 Å². The lowest BCUT2D eigenvalue weighted by Crippen LogP contribution is -2.17. The fraction of sp³-hybridized carbons (Fsp3) is 0.133. The fourth-order valence-electron chi connectivity index (χ4n) is 1.51. The van der Waals surface area contributed by atoms with E-state index in [1.54, 1.807) is 18.2 Å². The van der Waals surface area contributed by atoms with Gasteiger partial charge in [-0.25, -0.2) is 4.79 Å². The third-order valence-corrected chi connectivity index (χ3v) is 3.63. The Bertz CT molecular complexity index is 609. The number of carbonyl (C=O) groups is 1. The minimum absolute atomic E-state index is 0.137. The van der Waals surface area contributed by atoms with Gasteiger partial charge in [-0.15, -0.1) is 0 Å². The smallest absolute Gasteiger partial charge is 0.349 e. The summed E-state index contributed by atoms with van der Waals surface area (Å²) in [4.78, 5) is 11.7. The van der Waals surface area contributed by atoms with Gasteiger partial charge in [-0.2, -0.15) is 0 Å². The van der Waals surface area contributed by atoms with Gasteiger partial charge in [-0.3, -0.25) is 0 Å². The molecule has 2 rings (SSSR count). The molecule has 0 aliphatic carbocycles. The third-order valence-electron chi connectivity index (χ3n) is 2.48. The topological polar surface area (TPSA) is 35.5 Å². The second kappa shape index (κ2) is 6.90. The summed E-state index contributed by atoms with van der Waals surface area (Å²) >= 11 is 6.69. The van der Waals surface area contributed by atoms with Gasteiger partial charge in [-0.1, -0.05) is 22.0 Å². The maximum Gasteiger partial charge on any atom is 0.349 e. The van der Waals surface area contributed by atoms with Gasteiger partial charge in [0.2, 0.25) is 0 Å². The SMILES string of the molecule is Cc1ccc(OC(=O)COc2ccc(Br)cc2)c(Br)c1. The molecule has 0 amide bonds. The molecule has 0 bridgehead atoms. The first-order chi connectivity index (χ1) is 9.54. The quantitative estimate of drug-likeness (QED) is 0.560. The van der Waals surface area contributed by atoms with Crippen molar-refractivity contribution in [2.24, 2.45) is 0 Å². The molecule has 2 aromatic carbocycles. The lowest BCUT2D eigenvalue weighted by atomic mass is 10.2. The van der Waals surface area contributed by atoms with Crippen LogP contribution in [0.2, 0.25) is 0 Å². The minimum Gasteiger partial charge on any atom is -0.482 e. The summed E-state index contributed by atoms with van der Waals surface area (Å²) in [7, 11) is 0. The van der Waals surface area contributed by atoms with Crippen LogP contribution in [0, 0.1) is 6.92 Å². The van der Waals surface area contributed by atoms with Gasteiger partial charge in [0.25, 0.3) is 0 Å². The minimum atomic E-state index is -0.447. The summed E-state index contributed by atoms with van der Waals surface area (Å²) in [5, 5.41) is 0. The highest BCUT2D eigenvalue weighted by Gasteiger charge is 2.09. The van der Waals surface area contributed by atoms with Crippen LogP contribution in [0.15, 0.2) is 51.4 Å². The molecular formula is C15H12Br2O3. The molecule has 104 valence electrons. The lowest BCUT2D eigenvalue weighted by molar-refractivity contribution is -0.136. The van der Waals surface area contributed by atoms with E-state index in [9.17, 15) is 4.79 Å². The molecule has 20 heavy (non-hydrogen) atoms. The Labute approximate surface area is 134 Å². The average Bonchev–Trinajstić information content (AvgIpc) is 2.41. The Balaban J connectivity index is 1.90. The number of aryl methyl sites for hydroxylation is 1. The molecule has 0 unspecified atom stereocenters.